The molecule has 0 radical (unpaired) electrons. The number of rotatable bonds is 12. The largest absolute Gasteiger partial charge is 0.488 e. The lowest BCUT2D eigenvalue weighted by Crippen LogP contribution is -2.43. The number of Topliss-reactive ketones (excluding diaryl/α,β-unsaturated/α-hetero) is 2. The number of aliphatic hydroxyl groups is 2. The van der Waals surface area contributed by atoms with Crippen molar-refractivity contribution in [1.82, 2.24) is 9.80 Å². The first-order valence-corrected chi connectivity index (χ1v) is 25.1. The number of aliphatic hydroxyl groups excluding tert-OH is 2. The second-order valence-corrected chi connectivity index (χ2v) is 19.4. The number of carbonyl (C=O) groups excluding carboxylic acids is 4. The van der Waals surface area contributed by atoms with Crippen molar-refractivity contribution in [2.45, 2.75) is 61.8 Å². The van der Waals surface area contributed by atoms with Crippen LogP contribution in [0.25, 0.3) is 11.1 Å². The van der Waals surface area contributed by atoms with Gasteiger partial charge in [-0.15, -0.1) is 0 Å². The van der Waals surface area contributed by atoms with Crippen molar-refractivity contribution in [3.8, 4) is 22.6 Å². The summed E-state index contributed by atoms with van der Waals surface area (Å²) in [5.74, 6) is -0.985. The molecule has 0 aliphatic carbocycles. The smallest absolute Gasteiger partial charge is 0.485 e. The van der Waals surface area contributed by atoms with Crippen molar-refractivity contribution in [3.63, 3.8) is 0 Å². The van der Waals surface area contributed by atoms with Gasteiger partial charge in [0.05, 0.1) is 11.1 Å². The highest BCUT2D eigenvalue weighted by Crippen LogP contribution is 2.52. The van der Waals surface area contributed by atoms with Gasteiger partial charge in [0.15, 0.2) is 34.6 Å². The highest BCUT2D eigenvalue weighted by atomic mass is 79.9. The molecule has 6 aromatic carbocycles. The number of benzene rings is 6. The maximum Gasteiger partial charge on any atom is 0.488 e. The minimum absolute atomic E-state index is 0.0262. The fourth-order valence-electron chi connectivity index (χ4n) is 9.52. The van der Waals surface area contributed by atoms with E-state index in [2.05, 4.69) is 25.9 Å². The molecule has 0 saturated heterocycles. The lowest BCUT2D eigenvalue weighted by molar-refractivity contribution is -0.133. The first kappa shape index (κ1) is 54.6. The Labute approximate surface area is 445 Å². The zero-order valence-electron chi connectivity index (χ0n) is 41.4. The van der Waals surface area contributed by atoms with Crippen LogP contribution in [0.5, 0.6) is 11.5 Å². The third-order valence-electron chi connectivity index (χ3n) is 13.6. The Morgan fingerprint density at radius 2 is 1.08 bits per heavy atom. The molecule has 4 aliphatic heterocycles. The molecule has 10 rings (SSSR count). The number of carbonyl (C=O) groups is 4. The van der Waals surface area contributed by atoms with Crippen LogP contribution in [0.15, 0.2) is 148 Å². The average molecular weight is 1100 g/mol. The summed E-state index contributed by atoms with van der Waals surface area (Å²) in [6.07, 6.45) is 0.621. The van der Waals surface area contributed by atoms with Gasteiger partial charge in [0.1, 0.15) is 35.3 Å². The van der Waals surface area contributed by atoms with Crippen molar-refractivity contribution in [3.05, 3.63) is 183 Å². The molecule has 0 fully saturated rings. The highest BCUT2D eigenvalue weighted by Gasteiger charge is 2.55. The molecule has 0 aromatic heterocycles. The molecule has 76 heavy (non-hydrogen) atoms. The fraction of sp³-hybridized carbons (Fsp3) is 0.250. The molecule has 4 aliphatic rings. The van der Waals surface area contributed by atoms with Crippen LogP contribution in [0, 0.1) is 11.6 Å². The number of fused-ring (bicyclic) bond motifs is 4. The van der Waals surface area contributed by atoms with E-state index < -0.39 is 41.7 Å². The zero-order valence-corrected chi connectivity index (χ0v) is 43.0. The summed E-state index contributed by atoms with van der Waals surface area (Å²) in [5, 5.41) is 35.3. The monoisotopic (exact) mass is 1100 g/mol. The van der Waals surface area contributed by atoms with Crippen LogP contribution in [0.2, 0.25) is 0 Å². The topological polar surface area (TPSA) is 251 Å². The summed E-state index contributed by atoms with van der Waals surface area (Å²) in [4.78, 5) is 62.5. The Morgan fingerprint density at radius 1 is 0.645 bits per heavy atom. The summed E-state index contributed by atoms with van der Waals surface area (Å²) in [5.41, 5.74) is 14.2. The molecule has 0 saturated carbocycles. The Morgan fingerprint density at radius 3 is 1.54 bits per heavy atom. The van der Waals surface area contributed by atoms with E-state index in [1.165, 1.54) is 28.0 Å². The Kier molecular flexibility index (Phi) is 16.6. The third-order valence-corrected chi connectivity index (χ3v) is 14.1. The molecule has 2 amide bonds. The number of hydrogen-bond acceptors (Lipinski definition) is 14. The van der Waals surface area contributed by atoms with Crippen LogP contribution in [-0.2, 0) is 20.7 Å². The minimum Gasteiger partial charge on any atom is -0.485 e. The van der Waals surface area contributed by atoms with E-state index >= 15 is 0 Å². The van der Waals surface area contributed by atoms with E-state index in [-0.39, 0.29) is 97.5 Å². The second kappa shape index (κ2) is 23.1. The standard InChI is InChI=1S/C28H26FN3O4.C18H16BrN3O2.C10H12BFO4/c1-32-26(35)28(31-27(32)30)16-25(17-6-3-2-4-7-17)36-24-12-10-19(15-21(24)28)18-9-11-22(29)20(14-18)23(34)8-5-13-33;1-22-16(23)18(21-17(22)20)10-15(11-5-3-2-4-6-11)24-14-8-7-12(19)9-13(14)18;12-9-4-3-7(11(15)16)6-8(9)10(14)2-1-5-13/h2-4,6-7,9-12,14-15,25,33H,5,8,13,16H2,1H3,(H2,30,31);2-9,15H,10H2,1H3,(H2,20,21);3-4,6,13,15-16H,1-2,5H2. The van der Waals surface area contributed by atoms with E-state index in [0.717, 1.165) is 33.3 Å². The molecule has 8 N–H and O–H groups in total. The predicted octanol–water partition coefficient (Wildman–Crippen LogP) is 6.37. The van der Waals surface area contributed by atoms with Gasteiger partial charge in [-0.25, -0.2) is 18.8 Å². The first-order valence-electron chi connectivity index (χ1n) is 24.3. The number of nitrogens with zero attached hydrogens (tertiary/aromatic N) is 4. The SMILES string of the molecule is CN1C(=O)C2(CC(c3ccccc3)Oc3ccc(-c4ccc(F)c(C(=O)CCCO)c4)cc32)N=C1N.CN1C(=O)C2(CC(c3ccccc3)Oc3ccc(Br)cc32)N=C1N.O=C(CCCO)c1cc(B(O)O)ccc1F. The van der Waals surface area contributed by atoms with E-state index in [0.29, 0.717) is 34.6 Å². The third kappa shape index (κ3) is 11.0. The molecule has 4 heterocycles. The predicted molar refractivity (Wildman–Crippen MR) is 285 cm³/mol. The molecule has 4 atom stereocenters. The normalized spacial score (nSPS) is 20.0. The minimum atomic E-state index is -1.73. The van der Waals surface area contributed by atoms with Crippen LogP contribution in [0.4, 0.5) is 8.78 Å². The van der Waals surface area contributed by atoms with Crippen LogP contribution < -0.4 is 26.4 Å². The molecule has 16 nitrogen and oxygen atoms in total. The van der Waals surface area contributed by atoms with Gasteiger partial charge in [-0.3, -0.25) is 29.0 Å². The van der Waals surface area contributed by atoms with Crippen molar-refractivity contribution < 1.29 is 57.7 Å². The summed E-state index contributed by atoms with van der Waals surface area (Å²) in [7, 11) is 1.52. The number of amides is 2. The van der Waals surface area contributed by atoms with Crippen molar-refractivity contribution in [2.24, 2.45) is 21.5 Å². The Bertz CT molecular complexity index is 3240. The van der Waals surface area contributed by atoms with Crippen LogP contribution in [-0.4, -0.2) is 99.8 Å². The molecule has 6 aromatic rings. The number of guanidine groups is 2. The van der Waals surface area contributed by atoms with Gasteiger partial charge < -0.3 is 41.2 Å². The number of ketones is 2. The van der Waals surface area contributed by atoms with E-state index in [1.807, 2.05) is 84.9 Å². The first-order chi connectivity index (χ1) is 36.4. The number of nitrogens with two attached hydrogens (primary N) is 2. The lowest BCUT2D eigenvalue weighted by atomic mass is 9.79. The fourth-order valence-corrected chi connectivity index (χ4v) is 9.88. The number of aliphatic imine (C=N–C) groups is 2. The summed E-state index contributed by atoms with van der Waals surface area (Å²) in [6.45, 7) is -0.286. The summed E-state index contributed by atoms with van der Waals surface area (Å²) in [6, 6.07) is 38.2. The van der Waals surface area contributed by atoms with Gasteiger partial charge >= 0.3 is 7.12 Å². The van der Waals surface area contributed by atoms with Crippen molar-refractivity contribution >= 4 is 63.8 Å². The summed E-state index contributed by atoms with van der Waals surface area (Å²) >= 11 is 3.47. The highest BCUT2D eigenvalue weighted by molar-refractivity contribution is 9.10. The maximum absolute atomic E-state index is 14.4. The number of halogens is 3. The van der Waals surface area contributed by atoms with Gasteiger partial charge in [0.25, 0.3) is 11.8 Å². The quantitative estimate of drug-likeness (QED) is 0.0578. The van der Waals surface area contributed by atoms with Gasteiger partial charge in [0.2, 0.25) is 0 Å². The molecular weight excluding hydrogens is 1050 g/mol. The molecule has 392 valence electrons. The number of hydrogen-bond donors (Lipinski definition) is 6. The Hall–Kier alpha value is -7.62. The average Bonchev–Trinajstić information content (AvgIpc) is 3.83. The van der Waals surface area contributed by atoms with Crippen molar-refractivity contribution in [2.75, 3.05) is 27.3 Å². The van der Waals surface area contributed by atoms with Gasteiger partial charge in [-0.05, 0) is 95.2 Å². The van der Waals surface area contributed by atoms with Gasteiger partial charge in [0, 0.05) is 68.6 Å². The van der Waals surface area contributed by atoms with Crippen molar-refractivity contribution in [1.29, 1.82) is 0 Å². The number of likely N-dealkylation sites (N-methyl/N-ethyl adjacent to an activating group) is 2. The molecule has 4 unspecified atom stereocenters. The van der Waals surface area contributed by atoms with E-state index in [4.69, 9.17) is 41.2 Å². The van der Waals surface area contributed by atoms with E-state index in [1.54, 1.807) is 32.3 Å². The summed E-state index contributed by atoms with van der Waals surface area (Å²) < 4.78 is 41.1. The Balaban J connectivity index is 0.000000165. The van der Waals surface area contributed by atoms with Crippen LogP contribution in [0.1, 0.15) is 93.7 Å². The maximum atomic E-state index is 14.4. The van der Waals surface area contributed by atoms with Crippen LogP contribution in [0.3, 0.4) is 0 Å². The van der Waals surface area contributed by atoms with Gasteiger partial charge in [-0.2, -0.15) is 0 Å². The second-order valence-electron chi connectivity index (χ2n) is 18.5. The molecule has 2 spiro atoms. The number of ether oxygens (including phenoxy) is 2. The molecule has 0 bridgehead atoms. The van der Waals surface area contributed by atoms with Crippen LogP contribution >= 0.6 is 15.9 Å². The zero-order chi connectivity index (χ0) is 54.5. The van der Waals surface area contributed by atoms with Gasteiger partial charge in [-0.1, -0.05) is 94.8 Å². The molecular formula is C56H54BBrF2N6O10. The van der Waals surface area contributed by atoms with E-state index in [9.17, 15) is 28.0 Å². The lowest BCUT2D eigenvalue weighted by Gasteiger charge is -2.37. The molecule has 20 heteroatoms.